The lowest BCUT2D eigenvalue weighted by atomic mass is 10.1. The number of likely N-dealkylation sites (N-methyl/N-ethyl adjacent to an activating group) is 1. The number of nitriles is 1. The van der Waals surface area contributed by atoms with Crippen LogP contribution in [0.1, 0.15) is 29.1 Å². The van der Waals surface area contributed by atoms with Crippen molar-refractivity contribution in [2.45, 2.75) is 25.9 Å². The molecule has 7 nitrogen and oxygen atoms in total. The van der Waals surface area contributed by atoms with Crippen LogP contribution in [0.5, 0.6) is 5.75 Å². The molecule has 1 atom stereocenters. The number of methoxy groups -OCH3 is 1. The van der Waals surface area contributed by atoms with Crippen molar-refractivity contribution in [2.24, 2.45) is 0 Å². The SMILES string of the molecule is COc1ccc(C(C)NC(=O)/C(C#N)=C\Nc2nc3c(s2)CN(C)CC3)cc1. The summed E-state index contributed by atoms with van der Waals surface area (Å²) in [5, 5.41) is 15.9. The van der Waals surface area contributed by atoms with Gasteiger partial charge in [0.25, 0.3) is 5.91 Å². The molecular weight excluding hydrogens is 374 g/mol. The number of fused-ring (bicyclic) bond motifs is 1. The van der Waals surface area contributed by atoms with E-state index in [0.29, 0.717) is 5.13 Å². The fourth-order valence-corrected chi connectivity index (χ4v) is 3.98. The molecule has 3 rings (SSSR count). The molecule has 1 aromatic heterocycles. The maximum atomic E-state index is 12.4. The Balaban J connectivity index is 1.63. The monoisotopic (exact) mass is 397 g/mol. The molecule has 146 valence electrons. The second-order valence-corrected chi connectivity index (χ2v) is 7.74. The molecule has 0 bridgehead atoms. The van der Waals surface area contributed by atoms with Gasteiger partial charge in [-0.25, -0.2) is 4.98 Å². The molecule has 0 spiro atoms. The van der Waals surface area contributed by atoms with E-state index in [1.54, 1.807) is 18.4 Å². The summed E-state index contributed by atoms with van der Waals surface area (Å²) in [7, 11) is 3.69. The molecule has 2 N–H and O–H groups in total. The van der Waals surface area contributed by atoms with Gasteiger partial charge in [-0.15, -0.1) is 11.3 Å². The third-order valence-electron chi connectivity index (χ3n) is 4.59. The Morgan fingerprint density at radius 3 is 2.86 bits per heavy atom. The topological polar surface area (TPSA) is 90.3 Å². The fraction of sp³-hybridized carbons (Fsp3) is 0.350. The number of ether oxygens (including phenoxy) is 1. The summed E-state index contributed by atoms with van der Waals surface area (Å²) < 4.78 is 5.14. The van der Waals surface area contributed by atoms with Gasteiger partial charge in [0.2, 0.25) is 0 Å². The number of amides is 1. The first-order valence-corrected chi connectivity index (χ1v) is 9.80. The molecular formula is C20H23N5O2S. The largest absolute Gasteiger partial charge is 0.497 e. The van der Waals surface area contributed by atoms with E-state index in [4.69, 9.17) is 4.74 Å². The minimum Gasteiger partial charge on any atom is -0.497 e. The van der Waals surface area contributed by atoms with E-state index in [1.807, 2.05) is 37.3 Å². The zero-order valence-electron chi connectivity index (χ0n) is 16.2. The van der Waals surface area contributed by atoms with E-state index in [1.165, 1.54) is 11.1 Å². The summed E-state index contributed by atoms with van der Waals surface area (Å²) in [5.41, 5.74) is 2.02. The Bertz CT molecular complexity index is 914. The highest BCUT2D eigenvalue weighted by Gasteiger charge is 2.18. The van der Waals surface area contributed by atoms with Crippen LogP contribution in [0, 0.1) is 11.3 Å². The number of benzene rings is 1. The van der Waals surface area contributed by atoms with Crippen molar-refractivity contribution >= 4 is 22.4 Å². The van der Waals surface area contributed by atoms with Gasteiger partial charge in [0.1, 0.15) is 17.4 Å². The Hall–Kier alpha value is -2.89. The van der Waals surface area contributed by atoms with Gasteiger partial charge in [-0.1, -0.05) is 12.1 Å². The molecule has 2 heterocycles. The van der Waals surface area contributed by atoms with Crippen molar-refractivity contribution in [3.8, 4) is 11.8 Å². The van der Waals surface area contributed by atoms with E-state index in [0.717, 1.165) is 36.5 Å². The molecule has 2 aromatic rings. The number of aromatic nitrogens is 1. The molecule has 1 aromatic carbocycles. The number of anilines is 1. The third-order valence-corrected chi connectivity index (χ3v) is 5.60. The van der Waals surface area contributed by atoms with Crippen LogP contribution in [0.15, 0.2) is 36.0 Å². The van der Waals surface area contributed by atoms with Crippen LogP contribution < -0.4 is 15.4 Å². The van der Waals surface area contributed by atoms with Gasteiger partial charge in [0.05, 0.1) is 18.8 Å². The van der Waals surface area contributed by atoms with E-state index in [-0.39, 0.29) is 11.6 Å². The predicted octanol–water partition coefficient (Wildman–Crippen LogP) is 2.84. The number of rotatable bonds is 6. The molecule has 0 fully saturated rings. The van der Waals surface area contributed by atoms with E-state index in [2.05, 4.69) is 27.6 Å². The van der Waals surface area contributed by atoms with E-state index >= 15 is 0 Å². The van der Waals surface area contributed by atoms with Crippen molar-refractivity contribution in [2.75, 3.05) is 26.0 Å². The number of carbonyl (C=O) groups excluding carboxylic acids is 1. The zero-order chi connectivity index (χ0) is 20.1. The number of nitrogens with zero attached hydrogens (tertiary/aromatic N) is 3. The highest BCUT2D eigenvalue weighted by molar-refractivity contribution is 7.15. The molecule has 0 saturated heterocycles. The average Bonchev–Trinajstić information content (AvgIpc) is 3.10. The van der Waals surface area contributed by atoms with Crippen LogP contribution in [0.25, 0.3) is 0 Å². The fourth-order valence-electron chi connectivity index (χ4n) is 2.92. The van der Waals surface area contributed by atoms with Crippen molar-refractivity contribution in [1.29, 1.82) is 5.26 Å². The smallest absolute Gasteiger partial charge is 0.263 e. The maximum absolute atomic E-state index is 12.4. The Morgan fingerprint density at radius 1 is 1.43 bits per heavy atom. The summed E-state index contributed by atoms with van der Waals surface area (Å²) in [6, 6.07) is 9.15. The van der Waals surface area contributed by atoms with Crippen molar-refractivity contribution in [1.82, 2.24) is 15.2 Å². The molecule has 28 heavy (non-hydrogen) atoms. The average molecular weight is 398 g/mol. The van der Waals surface area contributed by atoms with E-state index in [9.17, 15) is 10.1 Å². The highest BCUT2D eigenvalue weighted by atomic mass is 32.1. The van der Waals surface area contributed by atoms with Gasteiger partial charge in [-0.2, -0.15) is 5.26 Å². The predicted molar refractivity (Wildman–Crippen MR) is 109 cm³/mol. The summed E-state index contributed by atoms with van der Waals surface area (Å²) in [5.74, 6) is 0.320. The molecule has 1 aliphatic rings. The minimum atomic E-state index is -0.431. The van der Waals surface area contributed by atoms with Gasteiger partial charge in [0, 0.05) is 30.6 Å². The second-order valence-electron chi connectivity index (χ2n) is 6.66. The number of nitrogens with one attached hydrogen (secondary N) is 2. The Labute approximate surface area is 168 Å². The molecule has 1 amide bonds. The van der Waals surface area contributed by atoms with Crippen LogP contribution >= 0.6 is 11.3 Å². The van der Waals surface area contributed by atoms with Gasteiger partial charge in [-0.05, 0) is 31.7 Å². The number of carbonyl (C=O) groups is 1. The summed E-state index contributed by atoms with van der Waals surface area (Å²) >= 11 is 1.56. The molecule has 0 aliphatic carbocycles. The molecule has 0 radical (unpaired) electrons. The minimum absolute atomic E-state index is 0.00523. The standard InChI is InChI=1S/C20H23N5O2S/c1-13(14-4-6-16(27-3)7-5-14)23-19(26)15(10-21)11-22-20-24-17-8-9-25(2)12-18(17)28-20/h4-7,11,13H,8-9,12H2,1-3H3,(H,22,24)(H,23,26)/b15-11-. The quantitative estimate of drug-likeness (QED) is 0.575. The zero-order valence-corrected chi connectivity index (χ0v) is 17.0. The molecule has 1 aliphatic heterocycles. The van der Waals surface area contributed by atoms with Crippen LogP contribution in [-0.2, 0) is 17.8 Å². The highest BCUT2D eigenvalue weighted by Crippen LogP contribution is 2.27. The van der Waals surface area contributed by atoms with Crippen LogP contribution in [0.4, 0.5) is 5.13 Å². The first-order valence-electron chi connectivity index (χ1n) is 8.99. The lowest BCUT2D eigenvalue weighted by Gasteiger charge is -2.20. The molecule has 8 heteroatoms. The Kier molecular flexibility index (Phi) is 6.29. The van der Waals surface area contributed by atoms with Crippen LogP contribution in [-0.4, -0.2) is 36.5 Å². The van der Waals surface area contributed by atoms with E-state index < -0.39 is 5.91 Å². The lowest BCUT2D eigenvalue weighted by Crippen LogP contribution is -2.28. The first-order chi connectivity index (χ1) is 13.5. The third kappa shape index (κ3) is 4.68. The molecule has 0 saturated carbocycles. The van der Waals surface area contributed by atoms with Gasteiger partial charge >= 0.3 is 0 Å². The van der Waals surface area contributed by atoms with Gasteiger partial charge < -0.3 is 20.3 Å². The van der Waals surface area contributed by atoms with Crippen molar-refractivity contribution in [3.63, 3.8) is 0 Å². The maximum Gasteiger partial charge on any atom is 0.263 e. The van der Waals surface area contributed by atoms with Crippen molar-refractivity contribution in [3.05, 3.63) is 52.2 Å². The summed E-state index contributed by atoms with van der Waals surface area (Å²) in [6.45, 7) is 3.73. The Morgan fingerprint density at radius 2 is 2.18 bits per heavy atom. The van der Waals surface area contributed by atoms with Gasteiger partial charge in [-0.3, -0.25) is 4.79 Å². The number of hydrogen-bond donors (Lipinski definition) is 2. The first kappa shape index (κ1) is 19.9. The number of hydrogen-bond acceptors (Lipinski definition) is 7. The molecule has 1 unspecified atom stereocenters. The lowest BCUT2D eigenvalue weighted by molar-refractivity contribution is -0.117. The second kappa shape index (κ2) is 8.87. The van der Waals surface area contributed by atoms with Gasteiger partial charge in [0.15, 0.2) is 5.13 Å². The summed E-state index contributed by atoms with van der Waals surface area (Å²) in [4.78, 5) is 20.5. The van der Waals surface area contributed by atoms with Crippen molar-refractivity contribution < 1.29 is 9.53 Å². The normalized spacial score (nSPS) is 15.3. The van der Waals surface area contributed by atoms with Crippen LogP contribution in [0.3, 0.4) is 0 Å². The summed E-state index contributed by atoms with van der Waals surface area (Å²) in [6.07, 6.45) is 2.34. The van der Waals surface area contributed by atoms with Crippen LogP contribution in [0.2, 0.25) is 0 Å². The number of thiazole rings is 1.